The van der Waals surface area contributed by atoms with E-state index in [2.05, 4.69) is 0 Å². The Morgan fingerprint density at radius 3 is 2.53 bits per heavy atom. The number of hydrogen-bond donors (Lipinski definition) is 2. The van der Waals surface area contributed by atoms with E-state index in [1.807, 2.05) is 0 Å². The first-order valence-corrected chi connectivity index (χ1v) is 3.94. The van der Waals surface area contributed by atoms with E-state index in [1.165, 1.54) is 0 Å². The Balaban J connectivity index is 3.01. The molecule has 0 aromatic heterocycles. The Hall–Kier alpha value is -2.17. The highest BCUT2D eigenvalue weighted by Gasteiger charge is 2.09. The summed E-state index contributed by atoms with van der Waals surface area (Å²) >= 11 is 0. The van der Waals surface area contributed by atoms with Gasteiger partial charge < -0.3 is 10.2 Å². The van der Waals surface area contributed by atoms with Crippen LogP contribution in [0.2, 0.25) is 0 Å². The van der Waals surface area contributed by atoms with E-state index in [0.29, 0.717) is 6.08 Å². The van der Waals surface area contributed by atoms with Crippen molar-refractivity contribution in [2.24, 2.45) is 0 Å². The number of allylic oxidation sites excluding steroid dienone is 1. The Morgan fingerprint density at radius 1 is 1.27 bits per heavy atom. The molecule has 0 spiro atoms. The molecule has 15 heavy (non-hydrogen) atoms. The number of phenols is 1. The summed E-state index contributed by atoms with van der Waals surface area (Å²) in [6.07, 6.45) is 1.36. The van der Waals surface area contributed by atoms with E-state index in [9.17, 15) is 19.1 Å². The summed E-state index contributed by atoms with van der Waals surface area (Å²) in [6, 6.07) is 2.86. The van der Waals surface area contributed by atoms with Crippen molar-refractivity contribution in [2.75, 3.05) is 0 Å². The quantitative estimate of drug-likeness (QED) is 0.583. The fraction of sp³-hybridized carbons (Fsp3) is 0. The zero-order chi connectivity index (χ0) is 11.4. The molecule has 0 unspecified atom stereocenters. The summed E-state index contributed by atoms with van der Waals surface area (Å²) in [6.45, 7) is 0. The second-order valence-electron chi connectivity index (χ2n) is 2.70. The van der Waals surface area contributed by atoms with Crippen LogP contribution in [0.4, 0.5) is 4.39 Å². The molecule has 0 radical (unpaired) electrons. The lowest BCUT2D eigenvalue weighted by molar-refractivity contribution is -0.131. The third-order valence-electron chi connectivity index (χ3n) is 1.60. The summed E-state index contributed by atoms with van der Waals surface area (Å²) in [5.41, 5.74) is -0.271. The monoisotopic (exact) mass is 210 g/mol. The van der Waals surface area contributed by atoms with Gasteiger partial charge in [0.2, 0.25) is 0 Å². The summed E-state index contributed by atoms with van der Waals surface area (Å²) in [5.74, 6) is -3.13. The van der Waals surface area contributed by atoms with Crippen molar-refractivity contribution in [3.8, 4) is 5.75 Å². The molecule has 0 aliphatic heterocycles. The smallest absolute Gasteiger partial charge is 0.328 e. The minimum Gasteiger partial charge on any atom is -0.507 e. The van der Waals surface area contributed by atoms with E-state index in [4.69, 9.17) is 5.11 Å². The van der Waals surface area contributed by atoms with E-state index >= 15 is 0 Å². The van der Waals surface area contributed by atoms with E-state index < -0.39 is 23.3 Å². The van der Waals surface area contributed by atoms with Gasteiger partial charge in [0.15, 0.2) is 5.78 Å². The molecule has 0 bridgehead atoms. The molecule has 1 rings (SSSR count). The number of ketones is 1. The molecule has 0 fully saturated rings. The average Bonchev–Trinajstić information content (AvgIpc) is 2.18. The maximum Gasteiger partial charge on any atom is 0.328 e. The van der Waals surface area contributed by atoms with Crippen LogP contribution in [0.1, 0.15) is 10.4 Å². The van der Waals surface area contributed by atoms with Gasteiger partial charge in [0.05, 0.1) is 5.56 Å². The first kappa shape index (κ1) is 10.9. The number of benzene rings is 1. The van der Waals surface area contributed by atoms with Gasteiger partial charge in [0, 0.05) is 6.08 Å². The van der Waals surface area contributed by atoms with Gasteiger partial charge in [0.1, 0.15) is 11.6 Å². The van der Waals surface area contributed by atoms with Crippen LogP contribution in [0.5, 0.6) is 5.75 Å². The van der Waals surface area contributed by atoms with Crippen LogP contribution in [0.15, 0.2) is 30.4 Å². The molecule has 0 aliphatic carbocycles. The summed E-state index contributed by atoms with van der Waals surface area (Å²) in [4.78, 5) is 21.4. The number of aromatic hydroxyl groups is 1. The van der Waals surface area contributed by atoms with Crippen molar-refractivity contribution in [2.45, 2.75) is 0 Å². The second-order valence-corrected chi connectivity index (χ2v) is 2.70. The summed E-state index contributed by atoms with van der Waals surface area (Å²) in [7, 11) is 0. The first-order valence-electron chi connectivity index (χ1n) is 3.94. The zero-order valence-corrected chi connectivity index (χ0v) is 7.48. The standard InChI is InChI=1S/C10H7FO4/c11-6-1-2-8(12)7(5-6)9(13)3-4-10(14)15/h1-5,12H,(H,14,15). The minimum absolute atomic E-state index is 0.271. The third-order valence-corrected chi connectivity index (χ3v) is 1.60. The van der Waals surface area contributed by atoms with Crippen molar-refractivity contribution in [1.82, 2.24) is 0 Å². The minimum atomic E-state index is -1.29. The molecule has 0 heterocycles. The first-order chi connectivity index (χ1) is 7.00. The van der Waals surface area contributed by atoms with E-state index in [1.54, 1.807) is 0 Å². The SMILES string of the molecule is O=C(O)C=CC(=O)c1cc(F)ccc1O. The fourth-order valence-corrected chi connectivity index (χ4v) is 0.942. The molecule has 0 atom stereocenters. The lowest BCUT2D eigenvalue weighted by Gasteiger charge is -1.99. The number of carbonyl (C=O) groups excluding carboxylic acids is 1. The lowest BCUT2D eigenvalue weighted by Crippen LogP contribution is -1.98. The molecular weight excluding hydrogens is 203 g/mol. The molecule has 0 amide bonds. The van der Waals surface area contributed by atoms with Crippen LogP contribution in [0, 0.1) is 5.82 Å². The molecule has 0 saturated heterocycles. The van der Waals surface area contributed by atoms with Crippen LogP contribution in [0.3, 0.4) is 0 Å². The zero-order valence-electron chi connectivity index (χ0n) is 7.48. The topological polar surface area (TPSA) is 74.6 Å². The molecule has 0 aliphatic rings. The van der Waals surface area contributed by atoms with E-state index in [-0.39, 0.29) is 5.56 Å². The molecular formula is C10H7FO4. The highest BCUT2D eigenvalue weighted by Crippen LogP contribution is 2.18. The lowest BCUT2D eigenvalue weighted by atomic mass is 10.1. The molecule has 5 heteroatoms. The molecule has 2 N–H and O–H groups in total. The maximum absolute atomic E-state index is 12.7. The van der Waals surface area contributed by atoms with Gasteiger partial charge in [-0.25, -0.2) is 9.18 Å². The Labute approximate surface area is 84.3 Å². The van der Waals surface area contributed by atoms with Crippen LogP contribution in [-0.2, 0) is 4.79 Å². The van der Waals surface area contributed by atoms with Crippen molar-refractivity contribution >= 4 is 11.8 Å². The van der Waals surface area contributed by atoms with Gasteiger partial charge in [0.25, 0.3) is 0 Å². The molecule has 4 nitrogen and oxygen atoms in total. The largest absolute Gasteiger partial charge is 0.507 e. The Kier molecular flexibility index (Phi) is 3.17. The second kappa shape index (κ2) is 4.36. The number of rotatable bonds is 3. The van der Waals surface area contributed by atoms with Gasteiger partial charge in [-0.3, -0.25) is 4.79 Å². The normalized spacial score (nSPS) is 10.5. The highest BCUT2D eigenvalue weighted by molar-refractivity contribution is 6.08. The maximum atomic E-state index is 12.7. The van der Waals surface area contributed by atoms with Crippen molar-refractivity contribution in [3.05, 3.63) is 41.7 Å². The van der Waals surface area contributed by atoms with Gasteiger partial charge in [-0.05, 0) is 24.3 Å². The Morgan fingerprint density at radius 2 is 1.93 bits per heavy atom. The molecule has 1 aromatic carbocycles. The van der Waals surface area contributed by atoms with Crippen LogP contribution < -0.4 is 0 Å². The number of carbonyl (C=O) groups is 2. The summed E-state index contributed by atoms with van der Waals surface area (Å²) < 4.78 is 12.7. The number of hydrogen-bond acceptors (Lipinski definition) is 3. The van der Waals surface area contributed by atoms with Gasteiger partial charge in [-0.2, -0.15) is 0 Å². The Bertz CT molecular complexity index is 437. The molecule has 1 aromatic rings. The van der Waals surface area contributed by atoms with Crippen LogP contribution >= 0.6 is 0 Å². The summed E-state index contributed by atoms with van der Waals surface area (Å²) in [5, 5.41) is 17.5. The number of carboxylic acids is 1. The van der Waals surface area contributed by atoms with Crippen LogP contribution in [0.25, 0.3) is 0 Å². The average molecular weight is 210 g/mol. The van der Waals surface area contributed by atoms with Gasteiger partial charge in [-0.1, -0.05) is 0 Å². The number of aliphatic carboxylic acids is 1. The highest BCUT2D eigenvalue weighted by atomic mass is 19.1. The van der Waals surface area contributed by atoms with Gasteiger partial charge in [-0.15, -0.1) is 0 Å². The molecule has 78 valence electrons. The number of carboxylic acid groups (broad SMARTS) is 1. The number of phenolic OH excluding ortho intramolecular Hbond substituents is 1. The third kappa shape index (κ3) is 2.91. The predicted molar refractivity (Wildman–Crippen MR) is 49.2 cm³/mol. The molecule has 0 saturated carbocycles. The van der Waals surface area contributed by atoms with Crippen molar-refractivity contribution in [1.29, 1.82) is 0 Å². The predicted octanol–water partition coefficient (Wildman–Crippen LogP) is 1.35. The fourth-order valence-electron chi connectivity index (χ4n) is 0.942. The van der Waals surface area contributed by atoms with E-state index in [0.717, 1.165) is 24.3 Å². The number of halogens is 1. The van der Waals surface area contributed by atoms with Crippen molar-refractivity contribution in [3.63, 3.8) is 0 Å². The van der Waals surface area contributed by atoms with Gasteiger partial charge >= 0.3 is 5.97 Å². The van der Waals surface area contributed by atoms with Crippen molar-refractivity contribution < 1.29 is 24.2 Å². The van der Waals surface area contributed by atoms with Crippen LogP contribution in [-0.4, -0.2) is 22.0 Å².